The van der Waals surface area contributed by atoms with Crippen molar-refractivity contribution in [3.63, 3.8) is 0 Å². The highest BCUT2D eigenvalue weighted by Gasteiger charge is 2.33. The second kappa shape index (κ2) is 9.70. The maximum absolute atomic E-state index is 14.4. The molecule has 2 aromatic carbocycles. The molecule has 1 amide bonds. The summed E-state index contributed by atoms with van der Waals surface area (Å²) in [4.78, 5) is 12.5. The lowest BCUT2D eigenvalue weighted by Gasteiger charge is -2.25. The van der Waals surface area contributed by atoms with Gasteiger partial charge in [-0.25, -0.2) is 17.3 Å². The Morgan fingerprint density at radius 3 is 2.45 bits per heavy atom. The van der Waals surface area contributed by atoms with Crippen LogP contribution in [0.1, 0.15) is 40.2 Å². The number of sulfonamides is 1. The van der Waals surface area contributed by atoms with Crippen molar-refractivity contribution in [2.45, 2.75) is 25.3 Å². The fourth-order valence-electron chi connectivity index (χ4n) is 4.50. The maximum Gasteiger partial charge on any atom is 0.491 e. The summed E-state index contributed by atoms with van der Waals surface area (Å²) >= 11 is 6.01. The topological polar surface area (TPSA) is 138 Å². The van der Waals surface area contributed by atoms with Crippen LogP contribution in [0, 0.1) is 5.82 Å². The molecule has 13 heteroatoms. The Bertz CT molecular complexity index is 1670. The number of hydrogen-bond acceptors (Lipinski definition) is 6. The largest absolute Gasteiger partial charge is 0.491 e. The number of benzene rings is 2. The number of carbonyl (C=O) groups is 1. The Morgan fingerprint density at radius 1 is 1.21 bits per heavy atom. The van der Waals surface area contributed by atoms with Crippen LogP contribution in [0.2, 0.25) is 5.02 Å². The molecule has 0 saturated heterocycles. The Balaban J connectivity index is 1.68. The minimum atomic E-state index is -3.86. The van der Waals surface area contributed by atoms with Crippen LogP contribution in [0.25, 0.3) is 16.8 Å². The number of rotatable bonds is 8. The third-order valence-electron chi connectivity index (χ3n) is 6.50. The molecule has 196 valence electrons. The number of carbonyl (C=O) groups excluding carboxylic acids is 1. The molecule has 0 aliphatic heterocycles. The molecule has 1 saturated carbocycles. The van der Waals surface area contributed by atoms with Gasteiger partial charge in [-0.3, -0.25) is 9.10 Å². The average Bonchev–Trinajstić information content (AvgIpc) is 3.61. The summed E-state index contributed by atoms with van der Waals surface area (Å²) in [6.45, 7) is -0.212. The van der Waals surface area contributed by atoms with Crippen molar-refractivity contribution >= 4 is 51.3 Å². The van der Waals surface area contributed by atoms with Gasteiger partial charge in [-0.1, -0.05) is 35.9 Å². The van der Waals surface area contributed by atoms with Crippen molar-refractivity contribution in [2.24, 2.45) is 5.73 Å². The quantitative estimate of drug-likeness (QED) is 0.285. The molecule has 0 atom stereocenters. The van der Waals surface area contributed by atoms with Crippen LogP contribution in [0.15, 0.2) is 54.7 Å². The number of anilines is 1. The highest BCUT2D eigenvalue weighted by Crippen LogP contribution is 2.46. The second-order valence-electron chi connectivity index (χ2n) is 9.31. The molecule has 0 radical (unpaired) electrons. The normalized spacial score (nSPS) is 13.6. The van der Waals surface area contributed by atoms with E-state index in [0.717, 1.165) is 29.5 Å². The predicted molar refractivity (Wildman–Crippen MR) is 143 cm³/mol. The summed E-state index contributed by atoms with van der Waals surface area (Å²) in [5.74, 6) is -1.48. The van der Waals surface area contributed by atoms with Gasteiger partial charge >= 0.3 is 7.12 Å². The third-order valence-corrected chi connectivity index (χ3v) is 7.88. The third kappa shape index (κ3) is 5.00. The summed E-state index contributed by atoms with van der Waals surface area (Å²) in [5, 5.41) is 23.7. The Kier molecular flexibility index (Phi) is 6.68. The predicted octanol–water partition coefficient (Wildman–Crippen LogP) is 2.42. The van der Waals surface area contributed by atoms with E-state index in [1.54, 1.807) is 30.3 Å². The van der Waals surface area contributed by atoms with Crippen LogP contribution >= 0.6 is 11.6 Å². The fraction of sp³-hybridized carbons (Fsp3) is 0.200. The van der Waals surface area contributed by atoms with Gasteiger partial charge in [0.25, 0.3) is 5.91 Å². The lowest BCUT2D eigenvalue weighted by Crippen LogP contribution is -2.34. The minimum absolute atomic E-state index is 0.0671. The molecular formula is C25H23BClFN4O5S. The molecule has 1 fully saturated rings. The SMILES string of the molecule is CS(=O)(=O)N(Cc1ccc(B(O)O)c(F)c1)c1cn2nc(-c3ccc(Cl)cc3)c(C(N)=O)c2cc1C1CC1. The first-order chi connectivity index (χ1) is 17.9. The van der Waals surface area contributed by atoms with Crippen molar-refractivity contribution in [3.05, 3.63) is 82.3 Å². The highest BCUT2D eigenvalue weighted by atomic mass is 35.5. The van der Waals surface area contributed by atoms with Gasteiger partial charge in [0, 0.05) is 16.0 Å². The second-order valence-corrected chi connectivity index (χ2v) is 11.7. The fourth-order valence-corrected chi connectivity index (χ4v) is 5.52. The highest BCUT2D eigenvalue weighted by molar-refractivity contribution is 7.92. The number of aromatic nitrogens is 2. The molecule has 4 aromatic rings. The number of pyridine rings is 1. The van der Waals surface area contributed by atoms with E-state index < -0.39 is 28.9 Å². The van der Waals surface area contributed by atoms with E-state index in [9.17, 15) is 27.7 Å². The van der Waals surface area contributed by atoms with Crippen molar-refractivity contribution in [3.8, 4) is 11.3 Å². The van der Waals surface area contributed by atoms with Gasteiger partial charge in [0.05, 0.1) is 35.8 Å². The molecule has 1 aliphatic rings. The average molecular weight is 557 g/mol. The van der Waals surface area contributed by atoms with Crippen molar-refractivity contribution < 1.29 is 27.7 Å². The lowest BCUT2D eigenvalue weighted by molar-refractivity contribution is 0.100. The molecule has 0 unspecified atom stereocenters. The molecule has 5 rings (SSSR count). The smallest absolute Gasteiger partial charge is 0.423 e. The van der Waals surface area contributed by atoms with Crippen LogP contribution in [0.3, 0.4) is 0 Å². The van der Waals surface area contributed by atoms with E-state index in [-0.39, 0.29) is 23.5 Å². The van der Waals surface area contributed by atoms with Crippen LogP contribution in [0.5, 0.6) is 0 Å². The standard InChI is InChI=1S/C25H23BClFN4O5S/c1-38(36,37)32(12-14-2-9-19(26(34)35)20(28)10-14)22-13-31-21(11-18(22)15-3-4-15)23(25(29)33)24(30-31)16-5-7-17(27)8-6-16/h2,5-11,13,15,34-35H,3-4,12H2,1H3,(H2,29,33). The number of hydrogen-bond donors (Lipinski definition) is 3. The van der Waals surface area contributed by atoms with E-state index >= 15 is 0 Å². The van der Waals surface area contributed by atoms with Crippen molar-refractivity contribution in [1.82, 2.24) is 9.61 Å². The number of nitrogens with zero attached hydrogens (tertiary/aromatic N) is 3. The van der Waals surface area contributed by atoms with E-state index in [4.69, 9.17) is 17.3 Å². The zero-order valence-corrected chi connectivity index (χ0v) is 21.7. The molecule has 4 N–H and O–H groups in total. The van der Waals surface area contributed by atoms with Gasteiger partial charge < -0.3 is 15.8 Å². The minimum Gasteiger partial charge on any atom is -0.423 e. The molecule has 2 aromatic heterocycles. The Morgan fingerprint density at radius 2 is 1.89 bits per heavy atom. The number of halogens is 2. The van der Waals surface area contributed by atoms with Gasteiger partial charge in [-0.05, 0) is 54.2 Å². The molecule has 2 heterocycles. The van der Waals surface area contributed by atoms with Gasteiger partial charge in [-0.2, -0.15) is 5.10 Å². The first kappa shape index (κ1) is 26.2. The summed E-state index contributed by atoms with van der Waals surface area (Å²) < 4.78 is 43.0. The Labute approximate surface area is 223 Å². The molecular weight excluding hydrogens is 534 g/mol. The zero-order chi connectivity index (χ0) is 27.4. The molecule has 1 aliphatic carbocycles. The zero-order valence-electron chi connectivity index (χ0n) is 20.2. The summed E-state index contributed by atoms with van der Waals surface area (Å²) in [6.07, 6.45) is 4.26. The van der Waals surface area contributed by atoms with E-state index in [1.807, 2.05) is 0 Å². The monoisotopic (exact) mass is 556 g/mol. The number of amides is 1. The van der Waals surface area contributed by atoms with Crippen LogP contribution in [-0.4, -0.2) is 47.4 Å². The lowest BCUT2D eigenvalue weighted by atomic mass is 9.79. The number of primary amides is 1. The van der Waals surface area contributed by atoms with E-state index in [0.29, 0.717) is 38.6 Å². The number of nitrogens with two attached hydrogens (primary N) is 1. The first-order valence-corrected chi connectivity index (χ1v) is 13.9. The van der Waals surface area contributed by atoms with E-state index in [1.165, 1.54) is 22.8 Å². The molecule has 38 heavy (non-hydrogen) atoms. The van der Waals surface area contributed by atoms with Crippen LogP contribution in [-0.2, 0) is 16.6 Å². The van der Waals surface area contributed by atoms with Gasteiger partial charge in [0.2, 0.25) is 10.0 Å². The van der Waals surface area contributed by atoms with Gasteiger partial charge in [-0.15, -0.1) is 0 Å². The summed E-state index contributed by atoms with van der Waals surface area (Å²) in [5.41, 5.74) is 8.38. The van der Waals surface area contributed by atoms with Crippen LogP contribution < -0.4 is 15.5 Å². The molecule has 0 bridgehead atoms. The van der Waals surface area contributed by atoms with Crippen molar-refractivity contribution in [2.75, 3.05) is 10.6 Å². The van der Waals surface area contributed by atoms with Gasteiger partial charge in [0.1, 0.15) is 11.5 Å². The van der Waals surface area contributed by atoms with Crippen LogP contribution in [0.4, 0.5) is 10.1 Å². The molecule has 0 spiro atoms. The van der Waals surface area contributed by atoms with Gasteiger partial charge in [0.15, 0.2) is 0 Å². The first-order valence-electron chi connectivity index (χ1n) is 11.7. The van der Waals surface area contributed by atoms with Crippen molar-refractivity contribution in [1.29, 1.82) is 0 Å². The Hall–Kier alpha value is -3.45. The summed E-state index contributed by atoms with van der Waals surface area (Å²) in [7, 11) is -5.86. The maximum atomic E-state index is 14.4. The van der Waals surface area contributed by atoms with E-state index in [2.05, 4.69) is 5.10 Å². The summed E-state index contributed by atoms with van der Waals surface area (Å²) in [6, 6.07) is 12.2. The number of fused-ring (bicyclic) bond motifs is 1. The molecule has 9 nitrogen and oxygen atoms in total.